The number of hydrogen-bond acceptors (Lipinski definition) is 4. The maximum absolute atomic E-state index is 12.3. The standard InChI is InChI=1S/C13H20N4O2S/c1-15(2)13(19)17-7-5-16(6-8-17)12(18)11(14)10-4-3-9-20-10/h3-4,9,11H,5-8,14H2,1-2H3. The van der Waals surface area contributed by atoms with E-state index in [1.807, 2.05) is 17.5 Å². The molecule has 0 saturated carbocycles. The van der Waals surface area contributed by atoms with Crippen LogP contribution < -0.4 is 5.73 Å². The Morgan fingerprint density at radius 2 is 1.85 bits per heavy atom. The molecule has 110 valence electrons. The number of nitrogens with two attached hydrogens (primary N) is 1. The van der Waals surface area contributed by atoms with Gasteiger partial charge in [0, 0.05) is 45.2 Å². The summed E-state index contributed by atoms with van der Waals surface area (Å²) in [6.45, 7) is 2.19. The van der Waals surface area contributed by atoms with Crippen LogP contribution in [-0.4, -0.2) is 66.9 Å². The number of carbonyl (C=O) groups is 2. The number of nitrogens with zero attached hydrogens (tertiary/aromatic N) is 3. The van der Waals surface area contributed by atoms with E-state index in [9.17, 15) is 9.59 Å². The van der Waals surface area contributed by atoms with E-state index in [4.69, 9.17) is 5.73 Å². The van der Waals surface area contributed by atoms with Gasteiger partial charge in [-0.05, 0) is 11.4 Å². The molecular weight excluding hydrogens is 276 g/mol. The molecule has 1 aliphatic rings. The highest BCUT2D eigenvalue weighted by Crippen LogP contribution is 2.19. The normalized spacial score (nSPS) is 16.9. The van der Waals surface area contributed by atoms with Gasteiger partial charge >= 0.3 is 6.03 Å². The molecule has 2 rings (SSSR count). The molecule has 1 unspecified atom stereocenters. The second-order valence-corrected chi connectivity index (χ2v) is 5.96. The third kappa shape index (κ3) is 3.10. The van der Waals surface area contributed by atoms with Crippen molar-refractivity contribution in [3.63, 3.8) is 0 Å². The fraction of sp³-hybridized carbons (Fsp3) is 0.538. The summed E-state index contributed by atoms with van der Waals surface area (Å²) in [4.78, 5) is 30.0. The summed E-state index contributed by atoms with van der Waals surface area (Å²) in [6, 6.07) is 3.16. The number of carbonyl (C=O) groups excluding carboxylic acids is 2. The number of piperazine rings is 1. The van der Waals surface area contributed by atoms with Crippen molar-refractivity contribution in [3.8, 4) is 0 Å². The molecule has 1 fully saturated rings. The van der Waals surface area contributed by atoms with Gasteiger partial charge in [-0.15, -0.1) is 11.3 Å². The molecule has 1 atom stereocenters. The molecule has 1 aromatic rings. The van der Waals surface area contributed by atoms with Crippen molar-refractivity contribution in [2.24, 2.45) is 5.73 Å². The Morgan fingerprint density at radius 1 is 1.25 bits per heavy atom. The zero-order chi connectivity index (χ0) is 14.7. The first kappa shape index (κ1) is 14.8. The number of rotatable bonds is 2. The van der Waals surface area contributed by atoms with E-state index >= 15 is 0 Å². The van der Waals surface area contributed by atoms with Crippen molar-refractivity contribution >= 4 is 23.3 Å². The van der Waals surface area contributed by atoms with Crippen LogP contribution in [0.25, 0.3) is 0 Å². The first-order valence-corrected chi connectivity index (χ1v) is 7.42. The summed E-state index contributed by atoms with van der Waals surface area (Å²) >= 11 is 1.49. The fourth-order valence-corrected chi connectivity index (χ4v) is 2.91. The summed E-state index contributed by atoms with van der Waals surface area (Å²) in [5.74, 6) is -0.0654. The van der Waals surface area contributed by atoms with Crippen molar-refractivity contribution in [3.05, 3.63) is 22.4 Å². The molecule has 0 radical (unpaired) electrons. The lowest BCUT2D eigenvalue weighted by Crippen LogP contribution is -2.54. The average molecular weight is 296 g/mol. The van der Waals surface area contributed by atoms with Crippen LogP contribution in [0.1, 0.15) is 10.9 Å². The van der Waals surface area contributed by atoms with Crippen LogP contribution in [0.3, 0.4) is 0 Å². The zero-order valence-electron chi connectivity index (χ0n) is 11.8. The molecule has 2 heterocycles. The Balaban J connectivity index is 1.90. The van der Waals surface area contributed by atoms with Crippen LogP contribution in [-0.2, 0) is 4.79 Å². The second-order valence-electron chi connectivity index (χ2n) is 4.98. The van der Waals surface area contributed by atoms with E-state index in [1.165, 1.54) is 11.3 Å². The molecule has 20 heavy (non-hydrogen) atoms. The van der Waals surface area contributed by atoms with E-state index in [0.717, 1.165) is 4.88 Å². The Bertz CT molecular complexity index is 467. The van der Waals surface area contributed by atoms with Crippen molar-refractivity contribution in [2.45, 2.75) is 6.04 Å². The highest BCUT2D eigenvalue weighted by molar-refractivity contribution is 7.10. The SMILES string of the molecule is CN(C)C(=O)N1CCN(C(=O)C(N)c2cccs2)CC1. The van der Waals surface area contributed by atoms with Crippen LogP contribution >= 0.6 is 11.3 Å². The Morgan fingerprint density at radius 3 is 2.35 bits per heavy atom. The van der Waals surface area contributed by atoms with E-state index in [0.29, 0.717) is 26.2 Å². The van der Waals surface area contributed by atoms with Crippen molar-refractivity contribution in [1.82, 2.24) is 14.7 Å². The van der Waals surface area contributed by atoms with E-state index < -0.39 is 6.04 Å². The van der Waals surface area contributed by atoms with E-state index in [-0.39, 0.29) is 11.9 Å². The highest BCUT2D eigenvalue weighted by Gasteiger charge is 2.28. The maximum atomic E-state index is 12.3. The van der Waals surface area contributed by atoms with Gasteiger partial charge in [0.25, 0.3) is 0 Å². The molecular formula is C13H20N4O2S. The summed E-state index contributed by atoms with van der Waals surface area (Å²) < 4.78 is 0. The molecule has 0 spiro atoms. The predicted molar refractivity (Wildman–Crippen MR) is 78.5 cm³/mol. The highest BCUT2D eigenvalue weighted by atomic mass is 32.1. The largest absolute Gasteiger partial charge is 0.337 e. The molecule has 1 aliphatic heterocycles. The lowest BCUT2D eigenvalue weighted by molar-refractivity contribution is -0.134. The van der Waals surface area contributed by atoms with E-state index in [2.05, 4.69) is 0 Å². The molecule has 0 bridgehead atoms. The minimum absolute atomic E-state index is 0.0142. The summed E-state index contributed by atoms with van der Waals surface area (Å²) in [5, 5.41) is 1.91. The van der Waals surface area contributed by atoms with Crippen molar-refractivity contribution < 1.29 is 9.59 Å². The lowest BCUT2D eigenvalue weighted by Gasteiger charge is -2.36. The Kier molecular flexibility index (Phi) is 4.61. The molecule has 6 nitrogen and oxygen atoms in total. The van der Waals surface area contributed by atoms with Crippen LogP contribution in [0, 0.1) is 0 Å². The van der Waals surface area contributed by atoms with Gasteiger partial charge < -0.3 is 20.4 Å². The van der Waals surface area contributed by atoms with Crippen LogP contribution in [0.4, 0.5) is 4.79 Å². The maximum Gasteiger partial charge on any atom is 0.319 e. The van der Waals surface area contributed by atoms with Crippen LogP contribution in [0.2, 0.25) is 0 Å². The first-order valence-electron chi connectivity index (χ1n) is 6.54. The number of thiophene rings is 1. The van der Waals surface area contributed by atoms with Gasteiger partial charge in [0.2, 0.25) is 5.91 Å². The minimum atomic E-state index is -0.592. The number of amides is 3. The molecule has 1 saturated heterocycles. The zero-order valence-corrected chi connectivity index (χ0v) is 12.6. The Hall–Kier alpha value is -1.60. The summed E-state index contributed by atoms with van der Waals surface area (Å²) in [7, 11) is 3.46. The average Bonchev–Trinajstić information content (AvgIpc) is 2.99. The topological polar surface area (TPSA) is 69.9 Å². The molecule has 7 heteroatoms. The fourth-order valence-electron chi connectivity index (χ4n) is 2.19. The van der Waals surface area contributed by atoms with Gasteiger partial charge in [0.1, 0.15) is 6.04 Å². The third-order valence-electron chi connectivity index (χ3n) is 3.36. The number of hydrogen-bond donors (Lipinski definition) is 1. The molecule has 0 aliphatic carbocycles. The Labute approximate surface area is 122 Å². The molecule has 0 aromatic carbocycles. The minimum Gasteiger partial charge on any atom is -0.337 e. The second kappa shape index (κ2) is 6.23. The van der Waals surface area contributed by atoms with E-state index in [1.54, 1.807) is 28.8 Å². The van der Waals surface area contributed by atoms with Gasteiger partial charge in [-0.25, -0.2) is 4.79 Å². The lowest BCUT2D eigenvalue weighted by atomic mass is 10.2. The summed E-state index contributed by atoms with van der Waals surface area (Å²) in [6.07, 6.45) is 0. The third-order valence-corrected chi connectivity index (χ3v) is 4.32. The van der Waals surface area contributed by atoms with Crippen molar-refractivity contribution in [1.29, 1.82) is 0 Å². The molecule has 1 aromatic heterocycles. The van der Waals surface area contributed by atoms with Gasteiger partial charge in [-0.1, -0.05) is 6.07 Å². The van der Waals surface area contributed by atoms with Gasteiger partial charge in [-0.2, -0.15) is 0 Å². The van der Waals surface area contributed by atoms with Crippen LogP contribution in [0.15, 0.2) is 17.5 Å². The van der Waals surface area contributed by atoms with Crippen LogP contribution in [0.5, 0.6) is 0 Å². The molecule has 3 amide bonds. The quantitative estimate of drug-likeness (QED) is 0.867. The van der Waals surface area contributed by atoms with Crippen molar-refractivity contribution in [2.75, 3.05) is 40.3 Å². The first-order chi connectivity index (χ1) is 9.50. The monoisotopic (exact) mass is 296 g/mol. The molecule has 2 N–H and O–H groups in total. The number of urea groups is 1. The summed E-state index contributed by atoms with van der Waals surface area (Å²) in [5.41, 5.74) is 5.99. The van der Waals surface area contributed by atoms with Gasteiger partial charge in [0.15, 0.2) is 0 Å². The smallest absolute Gasteiger partial charge is 0.319 e. The predicted octanol–water partition coefficient (Wildman–Crippen LogP) is 0.574. The van der Waals surface area contributed by atoms with Gasteiger partial charge in [0.05, 0.1) is 0 Å². The van der Waals surface area contributed by atoms with Gasteiger partial charge in [-0.3, -0.25) is 4.79 Å².